The minimum absolute atomic E-state index is 0.269. The van der Waals surface area contributed by atoms with Crippen LogP contribution in [-0.4, -0.2) is 29.1 Å². The lowest BCUT2D eigenvalue weighted by Gasteiger charge is -2.14. The molecule has 102 valence electrons. The Morgan fingerprint density at radius 3 is 2.60 bits per heavy atom. The summed E-state index contributed by atoms with van der Waals surface area (Å²) in [7, 11) is 0. The van der Waals surface area contributed by atoms with E-state index < -0.39 is 0 Å². The Bertz CT molecular complexity index is 649. The molecular weight excluding hydrogens is 250 g/mol. The summed E-state index contributed by atoms with van der Waals surface area (Å²) >= 11 is 0. The number of anilines is 1. The molecule has 0 amide bonds. The van der Waals surface area contributed by atoms with Crippen LogP contribution in [0.5, 0.6) is 0 Å². The highest BCUT2D eigenvalue weighted by Crippen LogP contribution is 2.24. The lowest BCUT2D eigenvalue weighted by molar-refractivity contribution is -0.116. The van der Waals surface area contributed by atoms with Gasteiger partial charge in [-0.1, -0.05) is 17.7 Å². The quantitative estimate of drug-likeness (QED) is 0.839. The zero-order valence-corrected chi connectivity index (χ0v) is 11.8. The molecule has 0 N–H and O–H groups in total. The van der Waals surface area contributed by atoms with Crippen LogP contribution in [-0.2, 0) is 4.79 Å². The van der Waals surface area contributed by atoms with E-state index in [1.54, 1.807) is 0 Å². The summed E-state index contributed by atoms with van der Waals surface area (Å²) in [5.41, 5.74) is 4.39. The fraction of sp³-hybridized carbons (Fsp3) is 0.312. The van der Waals surface area contributed by atoms with E-state index >= 15 is 0 Å². The van der Waals surface area contributed by atoms with Gasteiger partial charge in [0, 0.05) is 18.5 Å². The lowest BCUT2D eigenvalue weighted by atomic mass is 10.0. The van der Waals surface area contributed by atoms with E-state index in [0.717, 1.165) is 23.6 Å². The molecule has 4 nitrogen and oxygen atoms in total. The van der Waals surface area contributed by atoms with E-state index in [2.05, 4.69) is 42.2 Å². The van der Waals surface area contributed by atoms with Gasteiger partial charge in [-0.3, -0.25) is 4.79 Å². The number of hydrogen-bond acceptors (Lipinski definition) is 4. The third-order valence-corrected chi connectivity index (χ3v) is 3.67. The molecule has 1 fully saturated rings. The van der Waals surface area contributed by atoms with Gasteiger partial charge in [0.05, 0.1) is 12.2 Å². The first-order valence-corrected chi connectivity index (χ1v) is 6.81. The molecule has 0 saturated carbocycles. The number of carbonyl (C=O) groups excluding carboxylic acids is 1. The van der Waals surface area contributed by atoms with Crippen molar-refractivity contribution in [1.82, 2.24) is 10.2 Å². The molecule has 2 heterocycles. The van der Waals surface area contributed by atoms with Crippen LogP contribution in [0.3, 0.4) is 0 Å². The molecule has 20 heavy (non-hydrogen) atoms. The summed E-state index contributed by atoms with van der Waals surface area (Å²) in [4.78, 5) is 13.3. The van der Waals surface area contributed by atoms with Crippen LogP contribution in [0.1, 0.15) is 17.5 Å². The molecule has 0 bridgehead atoms. The van der Waals surface area contributed by atoms with E-state index in [1.165, 1.54) is 11.1 Å². The molecule has 0 aliphatic carbocycles. The van der Waals surface area contributed by atoms with Crippen LogP contribution in [0.4, 0.5) is 5.82 Å². The maximum absolute atomic E-state index is 11.3. The minimum atomic E-state index is 0.269. The fourth-order valence-corrected chi connectivity index (χ4v) is 2.48. The average molecular weight is 267 g/mol. The molecule has 1 aliphatic rings. The Morgan fingerprint density at radius 1 is 1.10 bits per heavy atom. The molecule has 1 aromatic heterocycles. The van der Waals surface area contributed by atoms with Crippen LogP contribution >= 0.6 is 0 Å². The van der Waals surface area contributed by atoms with Gasteiger partial charge in [-0.2, -0.15) is 0 Å². The van der Waals surface area contributed by atoms with Crippen molar-refractivity contribution in [2.24, 2.45) is 0 Å². The highest BCUT2D eigenvalue weighted by molar-refractivity contribution is 5.86. The molecule has 1 saturated heterocycles. The first kappa shape index (κ1) is 12.8. The molecule has 1 aliphatic heterocycles. The molecule has 4 heteroatoms. The average Bonchev–Trinajstić information content (AvgIpc) is 2.88. The van der Waals surface area contributed by atoms with Crippen molar-refractivity contribution in [1.29, 1.82) is 0 Å². The van der Waals surface area contributed by atoms with E-state index in [-0.39, 0.29) is 5.78 Å². The summed E-state index contributed by atoms with van der Waals surface area (Å²) in [6, 6.07) is 10.2. The summed E-state index contributed by atoms with van der Waals surface area (Å²) < 4.78 is 0. The monoisotopic (exact) mass is 267 g/mol. The van der Waals surface area contributed by atoms with Crippen LogP contribution < -0.4 is 4.90 Å². The van der Waals surface area contributed by atoms with Gasteiger partial charge in [-0.25, -0.2) is 0 Å². The van der Waals surface area contributed by atoms with E-state index in [9.17, 15) is 4.79 Å². The fourth-order valence-electron chi connectivity index (χ4n) is 2.48. The van der Waals surface area contributed by atoms with Crippen molar-refractivity contribution in [3.8, 4) is 11.3 Å². The first-order valence-electron chi connectivity index (χ1n) is 6.81. The predicted molar refractivity (Wildman–Crippen MR) is 78.8 cm³/mol. The van der Waals surface area contributed by atoms with Crippen molar-refractivity contribution in [2.45, 2.75) is 20.3 Å². The van der Waals surface area contributed by atoms with E-state index in [0.29, 0.717) is 13.0 Å². The Hall–Kier alpha value is -2.23. The number of hydrogen-bond donors (Lipinski definition) is 0. The molecule has 0 unspecified atom stereocenters. The number of benzene rings is 1. The highest BCUT2D eigenvalue weighted by Gasteiger charge is 2.20. The van der Waals surface area contributed by atoms with Gasteiger partial charge in [0.2, 0.25) is 0 Å². The Labute approximate surface area is 118 Å². The number of carbonyl (C=O) groups is 1. The Balaban J connectivity index is 1.89. The highest BCUT2D eigenvalue weighted by atomic mass is 16.1. The SMILES string of the molecule is Cc1ccc(C)c(-c2ccc(N3CCC(=O)C3)nn2)c1. The Morgan fingerprint density at radius 2 is 1.95 bits per heavy atom. The van der Waals surface area contributed by atoms with Crippen molar-refractivity contribution >= 4 is 11.6 Å². The second-order valence-electron chi connectivity index (χ2n) is 5.31. The summed E-state index contributed by atoms with van der Waals surface area (Å²) in [5, 5.41) is 8.58. The van der Waals surface area contributed by atoms with Crippen LogP contribution in [0.2, 0.25) is 0 Å². The number of ketones is 1. The van der Waals surface area contributed by atoms with E-state index in [1.807, 2.05) is 17.0 Å². The van der Waals surface area contributed by atoms with Gasteiger partial charge in [0.15, 0.2) is 11.6 Å². The van der Waals surface area contributed by atoms with Gasteiger partial charge in [0.25, 0.3) is 0 Å². The largest absolute Gasteiger partial charge is 0.347 e. The van der Waals surface area contributed by atoms with Crippen molar-refractivity contribution in [3.63, 3.8) is 0 Å². The molecule has 2 aromatic rings. The second kappa shape index (κ2) is 5.04. The predicted octanol–water partition coefficient (Wildman–Crippen LogP) is 2.54. The standard InChI is InChI=1S/C16H17N3O/c1-11-3-4-12(2)14(9-11)15-5-6-16(18-17-15)19-8-7-13(20)10-19/h3-6,9H,7-8,10H2,1-2H3. The summed E-state index contributed by atoms with van der Waals surface area (Å²) in [5.74, 6) is 1.05. The van der Waals surface area contributed by atoms with Gasteiger partial charge in [0.1, 0.15) is 0 Å². The molecular formula is C16H17N3O. The van der Waals surface area contributed by atoms with Crippen LogP contribution in [0.15, 0.2) is 30.3 Å². The van der Waals surface area contributed by atoms with Crippen LogP contribution in [0.25, 0.3) is 11.3 Å². The summed E-state index contributed by atoms with van der Waals surface area (Å²) in [6.07, 6.45) is 0.612. The zero-order chi connectivity index (χ0) is 14.1. The van der Waals surface area contributed by atoms with Gasteiger partial charge in [-0.15, -0.1) is 10.2 Å². The number of aromatic nitrogens is 2. The smallest absolute Gasteiger partial charge is 0.153 e. The molecule has 0 spiro atoms. The van der Waals surface area contributed by atoms with Crippen molar-refractivity contribution in [3.05, 3.63) is 41.5 Å². The molecule has 0 atom stereocenters. The third kappa shape index (κ3) is 2.41. The summed E-state index contributed by atoms with van der Waals surface area (Å²) in [6.45, 7) is 5.35. The van der Waals surface area contributed by atoms with Gasteiger partial charge >= 0.3 is 0 Å². The third-order valence-electron chi connectivity index (χ3n) is 3.67. The Kier molecular flexibility index (Phi) is 3.22. The molecule has 0 radical (unpaired) electrons. The molecule has 3 rings (SSSR count). The second-order valence-corrected chi connectivity index (χ2v) is 5.31. The topological polar surface area (TPSA) is 46.1 Å². The number of Topliss-reactive ketones (excluding diaryl/α,β-unsaturated/α-hetero) is 1. The minimum Gasteiger partial charge on any atom is -0.347 e. The first-order chi connectivity index (χ1) is 9.63. The zero-order valence-electron chi connectivity index (χ0n) is 11.8. The number of aryl methyl sites for hydroxylation is 2. The normalized spacial score (nSPS) is 14.9. The number of rotatable bonds is 2. The molecule has 1 aromatic carbocycles. The lowest BCUT2D eigenvalue weighted by Crippen LogP contribution is -2.21. The van der Waals surface area contributed by atoms with Crippen molar-refractivity contribution < 1.29 is 4.79 Å². The number of nitrogens with zero attached hydrogens (tertiary/aromatic N) is 3. The maximum Gasteiger partial charge on any atom is 0.153 e. The van der Waals surface area contributed by atoms with Gasteiger partial charge < -0.3 is 4.90 Å². The van der Waals surface area contributed by atoms with E-state index in [4.69, 9.17) is 0 Å². The maximum atomic E-state index is 11.3. The van der Waals surface area contributed by atoms with Crippen LogP contribution in [0, 0.1) is 13.8 Å². The van der Waals surface area contributed by atoms with Crippen molar-refractivity contribution in [2.75, 3.05) is 18.0 Å². The van der Waals surface area contributed by atoms with Gasteiger partial charge in [-0.05, 0) is 37.6 Å².